The summed E-state index contributed by atoms with van der Waals surface area (Å²) in [6.07, 6.45) is 2.05. The van der Waals surface area contributed by atoms with Crippen LogP contribution in [-0.4, -0.2) is 37.1 Å². The molecule has 0 bridgehead atoms. The van der Waals surface area contributed by atoms with E-state index < -0.39 is 0 Å². The van der Waals surface area contributed by atoms with E-state index in [0.717, 1.165) is 0 Å². The summed E-state index contributed by atoms with van der Waals surface area (Å²) in [6.45, 7) is 0. The van der Waals surface area contributed by atoms with Crippen molar-refractivity contribution in [1.82, 2.24) is 5.32 Å². The fraction of sp³-hybridized carbons (Fsp3) is 0.800. The summed E-state index contributed by atoms with van der Waals surface area (Å²) >= 11 is 1.71. The second-order valence-electron chi connectivity index (χ2n) is 1.65. The first-order valence-corrected chi connectivity index (χ1v) is 3.71. The van der Waals surface area contributed by atoms with Crippen molar-refractivity contribution in [2.24, 2.45) is 0 Å². The molecule has 0 rings (SSSR count). The molecule has 48 valence electrons. The van der Waals surface area contributed by atoms with Gasteiger partial charge in [0.15, 0.2) is 0 Å². The molecule has 0 heterocycles. The van der Waals surface area contributed by atoms with Crippen LogP contribution < -0.4 is 5.32 Å². The maximum absolute atomic E-state index is 3.06. The highest BCUT2D eigenvalue weighted by Crippen LogP contribution is 1.89. The lowest BCUT2D eigenvalue weighted by atomic mass is 11.0. The van der Waals surface area contributed by atoms with Crippen LogP contribution in [0, 0.1) is 0 Å². The molecular weight excluding hydrogens is 120 g/mol. The van der Waals surface area contributed by atoms with Gasteiger partial charge in [-0.05, 0) is 18.0 Å². The third-order valence-corrected chi connectivity index (χ3v) is 1.77. The fourth-order valence-electron chi connectivity index (χ4n) is 0.508. The van der Waals surface area contributed by atoms with Gasteiger partial charge in [-0.25, -0.2) is 0 Å². The minimum atomic E-state index is 1.19. The van der Waals surface area contributed by atoms with Crippen LogP contribution in [-0.2, 0) is 0 Å². The molecule has 0 aliphatic heterocycles. The number of nitrogens with one attached hydrogen (secondary N) is 1. The number of hydrogen-bond donors (Lipinski definition) is 1. The zero-order chi connectivity index (χ0) is 6.57. The summed E-state index contributed by atoms with van der Waals surface area (Å²) in [5, 5.41) is 4.24. The van der Waals surface area contributed by atoms with Crippen LogP contribution in [0.3, 0.4) is 0 Å². The molecule has 0 radical (unpaired) electrons. The van der Waals surface area contributed by atoms with Crippen molar-refractivity contribution in [3.05, 3.63) is 0 Å². The maximum atomic E-state index is 3.06. The second kappa shape index (κ2) is 3.78. The fourth-order valence-corrected chi connectivity index (χ4v) is 1.08. The smallest absolute Gasteiger partial charge is 0.272 e. The van der Waals surface area contributed by atoms with Gasteiger partial charge in [-0.2, -0.15) is 0 Å². The molecule has 0 saturated heterocycles. The van der Waals surface area contributed by atoms with Crippen molar-refractivity contribution in [2.45, 2.75) is 0 Å². The Balaban J connectivity index is 3.86. The van der Waals surface area contributed by atoms with Crippen LogP contribution >= 0.6 is 11.8 Å². The molecule has 0 atom stereocenters. The van der Waals surface area contributed by atoms with Gasteiger partial charge in [0, 0.05) is 0 Å². The minimum absolute atomic E-state index is 1.19. The Kier molecular flexibility index (Phi) is 3.69. The quantitative estimate of drug-likeness (QED) is 0.288. The Morgan fingerprint density at radius 1 is 1.50 bits per heavy atom. The number of thioether (sulfide) groups is 1. The molecule has 3 heteroatoms. The van der Waals surface area contributed by atoms with E-state index in [1.165, 1.54) is 5.17 Å². The molecule has 0 aromatic rings. The van der Waals surface area contributed by atoms with Crippen LogP contribution in [0.15, 0.2) is 0 Å². The van der Waals surface area contributed by atoms with Gasteiger partial charge in [0.05, 0.1) is 21.1 Å². The summed E-state index contributed by atoms with van der Waals surface area (Å²) in [6, 6.07) is 0. The van der Waals surface area contributed by atoms with E-state index in [-0.39, 0.29) is 0 Å². The monoisotopic (exact) mass is 133 g/mol. The SMILES string of the molecule is CNC(SC)=[N+](C)C. The van der Waals surface area contributed by atoms with E-state index in [1.54, 1.807) is 11.8 Å². The van der Waals surface area contributed by atoms with Crippen molar-refractivity contribution >= 4 is 16.9 Å². The molecule has 1 N–H and O–H groups in total. The molecule has 0 aliphatic rings. The summed E-state index contributed by atoms with van der Waals surface area (Å²) in [7, 11) is 5.95. The third kappa shape index (κ3) is 2.21. The molecule has 0 aromatic carbocycles. The molecule has 0 unspecified atom stereocenters. The molecule has 0 saturated carbocycles. The van der Waals surface area contributed by atoms with Crippen molar-refractivity contribution < 1.29 is 4.58 Å². The van der Waals surface area contributed by atoms with E-state index in [9.17, 15) is 0 Å². The predicted octanol–water partition coefficient (Wildman–Crippen LogP) is 0.197. The van der Waals surface area contributed by atoms with Crippen LogP contribution in [0.4, 0.5) is 0 Å². The summed E-state index contributed by atoms with van der Waals surface area (Å²) in [5.41, 5.74) is 0. The Bertz CT molecular complexity index is 88.6. The highest BCUT2D eigenvalue weighted by molar-refractivity contribution is 8.13. The number of rotatable bonds is 0. The average molecular weight is 133 g/mol. The lowest BCUT2D eigenvalue weighted by Gasteiger charge is -1.95. The van der Waals surface area contributed by atoms with Crippen molar-refractivity contribution in [3.8, 4) is 0 Å². The number of hydrogen-bond acceptors (Lipinski definition) is 1. The van der Waals surface area contributed by atoms with Crippen molar-refractivity contribution in [2.75, 3.05) is 27.4 Å². The molecule has 0 aromatic heterocycles. The Morgan fingerprint density at radius 2 is 2.00 bits per heavy atom. The van der Waals surface area contributed by atoms with Crippen molar-refractivity contribution in [1.29, 1.82) is 0 Å². The Hall–Kier alpha value is -0.180. The molecule has 0 fully saturated rings. The van der Waals surface area contributed by atoms with Crippen LogP contribution in [0.1, 0.15) is 0 Å². The highest BCUT2D eigenvalue weighted by atomic mass is 32.2. The van der Waals surface area contributed by atoms with Crippen LogP contribution in [0.25, 0.3) is 0 Å². The van der Waals surface area contributed by atoms with Gasteiger partial charge in [0.1, 0.15) is 0 Å². The minimum Gasteiger partial charge on any atom is -0.272 e. The van der Waals surface area contributed by atoms with Gasteiger partial charge < -0.3 is 0 Å². The van der Waals surface area contributed by atoms with Gasteiger partial charge in [-0.15, -0.1) is 0 Å². The molecule has 8 heavy (non-hydrogen) atoms. The molecule has 0 spiro atoms. The zero-order valence-corrected chi connectivity index (χ0v) is 6.67. The van der Waals surface area contributed by atoms with Crippen molar-refractivity contribution in [3.63, 3.8) is 0 Å². The van der Waals surface area contributed by atoms with Crippen LogP contribution in [0.5, 0.6) is 0 Å². The topological polar surface area (TPSA) is 15.0 Å². The van der Waals surface area contributed by atoms with E-state index >= 15 is 0 Å². The van der Waals surface area contributed by atoms with E-state index in [1.807, 2.05) is 32.0 Å². The van der Waals surface area contributed by atoms with Gasteiger partial charge in [0.2, 0.25) is 0 Å². The van der Waals surface area contributed by atoms with Gasteiger partial charge in [0.25, 0.3) is 0 Å². The largest absolute Gasteiger partial charge is 0.305 e. The summed E-state index contributed by atoms with van der Waals surface area (Å²) in [4.78, 5) is 0. The van der Waals surface area contributed by atoms with Gasteiger partial charge >= 0.3 is 5.17 Å². The average Bonchev–Trinajstić information content (AvgIpc) is 1.69. The first-order valence-electron chi connectivity index (χ1n) is 2.48. The first-order chi connectivity index (χ1) is 3.72. The molecule has 0 amide bonds. The highest BCUT2D eigenvalue weighted by Gasteiger charge is 1.98. The van der Waals surface area contributed by atoms with Crippen LogP contribution in [0.2, 0.25) is 0 Å². The predicted molar refractivity (Wildman–Crippen MR) is 39.7 cm³/mol. The van der Waals surface area contributed by atoms with Gasteiger partial charge in [-0.3, -0.25) is 9.89 Å². The lowest BCUT2D eigenvalue weighted by Crippen LogP contribution is -2.23. The maximum Gasteiger partial charge on any atom is 0.305 e. The van der Waals surface area contributed by atoms with E-state index in [2.05, 4.69) is 5.32 Å². The normalized spacial score (nSPS) is 8.50. The standard InChI is InChI=1S/C5H12N2S/c1-6-5(8-4)7(2)3/h1-4H3/p+1. The molecular formula is C5H13N2S+. The van der Waals surface area contributed by atoms with Gasteiger partial charge in [-0.1, -0.05) is 0 Å². The summed E-state index contributed by atoms with van der Waals surface area (Å²) < 4.78 is 2.05. The Labute approximate surface area is 55.0 Å². The third-order valence-electron chi connectivity index (χ3n) is 0.813. The molecule has 2 nitrogen and oxygen atoms in total. The van der Waals surface area contributed by atoms with E-state index in [4.69, 9.17) is 0 Å². The van der Waals surface area contributed by atoms with E-state index in [0.29, 0.717) is 0 Å². The zero-order valence-electron chi connectivity index (χ0n) is 5.86. The first kappa shape index (κ1) is 7.82. The molecule has 0 aliphatic carbocycles. The lowest BCUT2D eigenvalue weighted by molar-refractivity contribution is -0.463. The number of nitrogens with zero attached hydrogens (tertiary/aromatic N) is 1. The number of amidine groups is 1. The Morgan fingerprint density at radius 3 is 2.00 bits per heavy atom. The second-order valence-corrected chi connectivity index (χ2v) is 2.45. The summed E-state index contributed by atoms with van der Waals surface area (Å²) in [5.74, 6) is 0.